The largest absolute Gasteiger partial charge is 0.349 e. The minimum atomic E-state index is -0.168. The number of hydrogen-bond donors (Lipinski definition) is 2. The fourth-order valence-corrected chi connectivity index (χ4v) is 2.71. The van der Waals surface area contributed by atoms with Crippen molar-refractivity contribution < 1.29 is 4.79 Å². The molecule has 0 bridgehead atoms. The molecule has 19 heavy (non-hydrogen) atoms. The summed E-state index contributed by atoms with van der Waals surface area (Å²) in [7, 11) is 0. The summed E-state index contributed by atoms with van der Waals surface area (Å²) in [6.07, 6.45) is 8.15. The third-order valence-electron chi connectivity index (χ3n) is 3.92. The summed E-state index contributed by atoms with van der Waals surface area (Å²) in [6, 6.07) is 0.463. The molecule has 2 rings (SSSR count). The maximum atomic E-state index is 11.1. The lowest BCUT2D eigenvalue weighted by Gasteiger charge is -2.28. The van der Waals surface area contributed by atoms with Crippen LogP contribution >= 0.6 is 0 Å². The van der Waals surface area contributed by atoms with Crippen molar-refractivity contribution in [1.82, 2.24) is 20.3 Å². The van der Waals surface area contributed by atoms with E-state index in [9.17, 15) is 4.79 Å². The van der Waals surface area contributed by atoms with Crippen molar-refractivity contribution >= 4 is 5.91 Å². The van der Waals surface area contributed by atoms with Crippen LogP contribution in [0.5, 0.6) is 0 Å². The van der Waals surface area contributed by atoms with Gasteiger partial charge in [-0.3, -0.25) is 4.79 Å². The van der Waals surface area contributed by atoms with E-state index in [4.69, 9.17) is 5.73 Å². The van der Waals surface area contributed by atoms with Gasteiger partial charge in [0.05, 0.1) is 25.3 Å². The highest BCUT2D eigenvalue weighted by molar-refractivity contribution is 5.77. The molecule has 2 atom stereocenters. The fourth-order valence-electron chi connectivity index (χ4n) is 2.71. The fraction of sp³-hybridized carbons (Fsp3) is 0.769. The predicted octanol–water partition coefficient (Wildman–Crippen LogP) is 0.994. The van der Waals surface area contributed by atoms with Gasteiger partial charge in [0.2, 0.25) is 5.91 Å². The van der Waals surface area contributed by atoms with Gasteiger partial charge in [-0.05, 0) is 18.8 Å². The SMILES string of the molecule is CCC1CCCC(n2cc(CNC(=O)CN)nn2)C1. The van der Waals surface area contributed by atoms with Crippen LogP contribution in [0.25, 0.3) is 0 Å². The lowest BCUT2D eigenvalue weighted by atomic mass is 9.84. The summed E-state index contributed by atoms with van der Waals surface area (Å²) >= 11 is 0. The molecule has 1 aliphatic carbocycles. The molecule has 1 saturated carbocycles. The molecule has 1 aromatic rings. The van der Waals surface area contributed by atoms with Gasteiger partial charge in [-0.15, -0.1) is 5.10 Å². The monoisotopic (exact) mass is 265 g/mol. The third kappa shape index (κ3) is 3.76. The summed E-state index contributed by atoms with van der Waals surface area (Å²) in [6.45, 7) is 2.66. The Bertz CT molecular complexity index is 417. The van der Waals surface area contributed by atoms with E-state index in [1.807, 2.05) is 10.9 Å². The molecule has 3 N–H and O–H groups in total. The first-order valence-electron chi connectivity index (χ1n) is 7.10. The number of hydrogen-bond acceptors (Lipinski definition) is 4. The van der Waals surface area contributed by atoms with Gasteiger partial charge in [0.25, 0.3) is 0 Å². The maximum absolute atomic E-state index is 11.1. The highest BCUT2D eigenvalue weighted by atomic mass is 16.1. The number of rotatable bonds is 5. The van der Waals surface area contributed by atoms with E-state index in [2.05, 4.69) is 22.6 Å². The van der Waals surface area contributed by atoms with E-state index < -0.39 is 0 Å². The van der Waals surface area contributed by atoms with Crippen molar-refractivity contribution in [1.29, 1.82) is 0 Å². The molecule has 0 radical (unpaired) electrons. The van der Waals surface area contributed by atoms with Crippen LogP contribution < -0.4 is 11.1 Å². The number of carbonyl (C=O) groups is 1. The second-order valence-corrected chi connectivity index (χ2v) is 5.27. The van der Waals surface area contributed by atoms with E-state index in [1.165, 1.54) is 32.1 Å². The molecule has 6 nitrogen and oxygen atoms in total. The zero-order chi connectivity index (χ0) is 13.7. The van der Waals surface area contributed by atoms with Gasteiger partial charge in [-0.1, -0.05) is 31.4 Å². The van der Waals surface area contributed by atoms with Crippen molar-refractivity contribution in [2.24, 2.45) is 11.7 Å². The van der Waals surface area contributed by atoms with Crippen LogP contribution in [0.4, 0.5) is 0 Å². The van der Waals surface area contributed by atoms with Gasteiger partial charge >= 0.3 is 0 Å². The normalized spacial score (nSPS) is 23.3. The minimum Gasteiger partial charge on any atom is -0.349 e. The number of carbonyl (C=O) groups excluding carboxylic acids is 1. The summed E-state index contributed by atoms with van der Waals surface area (Å²) < 4.78 is 1.96. The highest BCUT2D eigenvalue weighted by Gasteiger charge is 2.23. The van der Waals surface area contributed by atoms with Crippen molar-refractivity contribution in [3.8, 4) is 0 Å². The van der Waals surface area contributed by atoms with Crippen molar-refractivity contribution in [3.05, 3.63) is 11.9 Å². The molecule has 1 amide bonds. The second-order valence-electron chi connectivity index (χ2n) is 5.27. The summed E-state index contributed by atoms with van der Waals surface area (Å²) in [5, 5.41) is 11.0. The van der Waals surface area contributed by atoms with E-state index in [0.717, 1.165) is 11.6 Å². The van der Waals surface area contributed by atoms with E-state index in [0.29, 0.717) is 12.6 Å². The first-order chi connectivity index (χ1) is 9.22. The Morgan fingerprint density at radius 1 is 1.58 bits per heavy atom. The van der Waals surface area contributed by atoms with E-state index >= 15 is 0 Å². The number of amides is 1. The predicted molar refractivity (Wildman–Crippen MR) is 72.2 cm³/mol. The summed E-state index contributed by atoms with van der Waals surface area (Å²) in [5.41, 5.74) is 6.03. The molecule has 2 unspecified atom stereocenters. The van der Waals surface area contributed by atoms with Crippen LogP contribution in [-0.2, 0) is 11.3 Å². The van der Waals surface area contributed by atoms with Crippen LogP contribution in [0.2, 0.25) is 0 Å². The highest BCUT2D eigenvalue weighted by Crippen LogP contribution is 2.33. The molecule has 0 aliphatic heterocycles. The van der Waals surface area contributed by atoms with Gasteiger partial charge in [0.1, 0.15) is 5.69 Å². The van der Waals surface area contributed by atoms with Crippen molar-refractivity contribution in [2.75, 3.05) is 6.54 Å². The van der Waals surface area contributed by atoms with Crippen LogP contribution in [0.1, 0.15) is 50.8 Å². The third-order valence-corrected chi connectivity index (χ3v) is 3.92. The molecule has 1 fully saturated rings. The Labute approximate surface area is 113 Å². The van der Waals surface area contributed by atoms with Gasteiger partial charge < -0.3 is 11.1 Å². The maximum Gasteiger partial charge on any atom is 0.234 e. The topological polar surface area (TPSA) is 85.8 Å². The first kappa shape index (κ1) is 14.0. The van der Waals surface area contributed by atoms with Gasteiger partial charge in [-0.25, -0.2) is 4.68 Å². The average Bonchev–Trinajstić information content (AvgIpc) is 2.93. The zero-order valence-electron chi connectivity index (χ0n) is 11.5. The second kappa shape index (κ2) is 6.65. The number of nitrogens with two attached hydrogens (primary N) is 1. The minimum absolute atomic E-state index is 0.00887. The molecule has 106 valence electrons. The molecular weight excluding hydrogens is 242 g/mol. The van der Waals surface area contributed by atoms with Crippen LogP contribution in [0.15, 0.2) is 6.20 Å². The van der Waals surface area contributed by atoms with Crippen LogP contribution in [0.3, 0.4) is 0 Å². The molecule has 1 aromatic heterocycles. The molecule has 1 heterocycles. The summed E-state index contributed by atoms with van der Waals surface area (Å²) in [5.74, 6) is 0.640. The van der Waals surface area contributed by atoms with Gasteiger partial charge in [0, 0.05) is 0 Å². The van der Waals surface area contributed by atoms with Crippen LogP contribution in [-0.4, -0.2) is 27.4 Å². The Morgan fingerprint density at radius 3 is 3.16 bits per heavy atom. The van der Waals surface area contributed by atoms with E-state index in [1.54, 1.807) is 0 Å². The van der Waals surface area contributed by atoms with Crippen molar-refractivity contribution in [3.63, 3.8) is 0 Å². The molecule has 1 aliphatic rings. The first-order valence-corrected chi connectivity index (χ1v) is 7.10. The Morgan fingerprint density at radius 2 is 2.42 bits per heavy atom. The quantitative estimate of drug-likeness (QED) is 0.831. The Hall–Kier alpha value is -1.43. The van der Waals surface area contributed by atoms with Gasteiger partial charge in [-0.2, -0.15) is 0 Å². The molecule has 0 saturated heterocycles. The Kier molecular flexibility index (Phi) is 4.90. The average molecular weight is 265 g/mol. The zero-order valence-corrected chi connectivity index (χ0v) is 11.5. The summed E-state index contributed by atoms with van der Waals surface area (Å²) in [4.78, 5) is 11.1. The molecular formula is C13H23N5O. The molecule has 0 spiro atoms. The number of nitrogens with zero attached hydrogens (tertiary/aromatic N) is 3. The smallest absolute Gasteiger partial charge is 0.234 e. The lowest BCUT2D eigenvalue weighted by Crippen LogP contribution is -2.29. The Balaban J connectivity index is 1.91. The van der Waals surface area contributed by atoms with Crippen molar-refractivity contribution in [2.45, 2.75) is 51.6 Å². The van der Waals surface area contributed by atoms with Gasteiger partial charge in [0.15, 0.2) is 0 Å². The number of nitrogens with one attached hydrogen (secondary N) is 1. The van der Waals surface area contributed by atoms with Crippen LogP contribution in [0, 0.1) is 5.92 Å². The molecule has 0 aromatic carbocycles. The number of aromatic nitrogens is 3. The molecule has 6 heteroatoms. The van der Waals surface area contributed by atoms with E-state index in [-0.39, 0.29) is 12.5 Å². The standard InChI is InChI=1S/C13H23N5O/c1-2-10-4-3-5-12(6-10)18-9-11(16-17-18)8-15-13(19)7-14/h9-10,12H,2-8,14H2,1H3,(H,15,19). The lowest BCUT2D eigenvalue weighted by molar-refractivity contribution is -0.119.